The number of phenols is 1. The van der Waals surface area contributed by atoms with Crippen molar-refractivity contribution in [1.82, 2.24) is 4.90 Å². The van der Waals surface area contributed by atoms with Crippen molar-refractivity contribution in [3.05, 3.63) is 64.7 Å². The highest BCUT2D eigenvalue weighted by Gasteiger charge is 2.46. The Balaban J connectivity index is 2.20. The minimum atomic E-state index is -0.930. The Hall–Kier alpha value is -3.32. The van der Waals surface area contributed by atoms with Gasteiger partial charge in [0.2, 0.25) is 0 Å². The maximum atomic E-state index is 12.9. The van der Waals surface area contributed by atoms with Gasteiger partial charge in [-0.05, 0) is 38.5 Å². The van der Waals surface area contributed by atoms with Crippen molar-refractivity contribution in [1.29, 1.82) is 0 Å². The molecule has 0 spiro atoms. The summed E-state index contributed by atoms with van der Waals surface area (Å²) in [5, 5.41) is 30.9. The molecule has 1 amide bonds. The summed E-state index contributed by atoms with van der Waals surface area (Å²) in [5.41, 5.74) is 1.80. The number of benzene rings is 2. The molecule has 0 unspecified atom stereocenters. The largest absolute Gasteiger partial charge is 0.507 e. The molecule has 2 aromatic rings. The van der Waals surface area contributed by atoms with E-state index in [2.05, 4.69) is 0 Å². The van der Waals surface area contributed by atoms with Crippen molar-refractivity contribution in [2.24, 2.45) is 0 Å². The molecule has 0 saturated carbocycles. The first-order valence-electron chi connectivity index (χ1n) is 9.73. The highest BCUT2D eigenvalue weighted by atomic mass is 16.5. The molecule has 1 aliphatic heterocycles. The summed E-state index contributed by atoms with van der Waals surface area (Å²) in [4.78, 5) is 26.8. The number of β-amino-alcohol motifs (C(OH)–C–C–N with tert-alkyl or cyclic N) is 1. The number of aliphatic hydroxyl groups excluding tert-OH is 2. The Morgan fingerprint density at radius 1 is 1.17 bits per heavy atom. The van der Waals surface area contributed by atoms with Crippen LogP contribution in [0.3, 0.4) is 0 Å². The van der Waals surface area contributed by atoms with Gasteiger partial charge >= 0.3 is 0 Å². The van der Waals surface area contributed by atoms with Gasteiger partial charge in [0.1, 0.15) is 5.76 Å². The van der Waals surface area contributed by atoms with Crippen LogP contribution in [0.1, 0.15) is 36.6 Å². The van der Waals surface area contributed by atoms with Gasteiger partial charge in [-0.1, -0.05) is 35.9 Å². The van der Waals surface area contributed by atoms with Gasteiger partial charge in [0.15, 0.2) is 11.5 Å². The molecule has 1 saturated heterocycles. The predicted molar refractivity (Wildman–Crippen MR) is 111 cm³/mol. The number of rotatable bonds is 6. The highest BCUT2D eigenvalue weighted by Crippen LogP contribution is 2.41. The second-order valence-electron chi connectivity index (χ2n) is 7.33. The number of likely N-dealkylation sites (tertiary alicyclic amines) is 1. The van der Waals surface area contributed by atoms with E-state index in [4.69, 9.17) is 4.74 Å². The fourth-order valence-corrected chi connectivity index (χ4v) is 3.54. The molecule has 2 atom stereocenters. The molecule has 1 fully saturated rings. The Morgan fingerprint density at radius 2 is 1.83 bits per heavy atom. The zero-order valence-electron chi connectivity index (χ0n) is 17.1. The van der Waals surface area contributed by atoms with Crippen LogP contribution in [0.25, 0.3) is 5.76 Å². The number of carbonyl (C=O) groups is 2. The van der Waals surface area contributed by atoms with Gasteiger partial charge in [-0.25, -0.2) is 0 Å². The monoisotopic (exact) mass is 411 g/mol. The molecule has 1 heterocycles. The number of hydrogen-bond acceptors (Lipinski definition) is 6. The van der Waals surface area contributed by atoms with E-state index in [0.29, 0.717) is 17.7 Å². The molecular weight excluding hydrogens is 386 g/mol. The molecule has 0 bridgehead atoms. The molecular formula is C23H25NO6. The molecule has 0 aromatic heterocycles. The van der Waals surface area contributed by atoms with E-state index in [-0.39, 0.29) is 29.4 Å². The van der Waals surface area contributed by atoms with Gasteiger partial charge in [0, 0.05) is 12.1 Å². The molecule has 1 aliphatic rings. The summed E-state index contributed by atoms with van der Waals surface area (Å²) < 4.78 is 5.43. The Kier molecular flexibility index (Phi) is 6.12. The topological polar surface area (TPSA) is 107 Å². The third-order valence-electron chi connectivity index (χ3n) is 4.93. The van der Waals surface area contributed by atoms with Crippen LogP contribution in [-0.2, 0) is 9.59 Å². The molecule has 7 heteroatoms. The van der Waals surface area contributed by atoms with E-state index in [9.17, 15) is 24.9 Å². The van der Waals surface area contributed by atoms with Crippen LogP contribution in [0.2, 0.25) is 0 Å². The molecule has 7 nitrogen and oxygen atoms in total. The Bertz CT molecular complexity index is 993. The smallest absolute Gasteiger partial charge is 0.295 e. The number of aromatic hydroxyl groups is 1. The van der Waals surface area contributed by atoms with Gasteiger partial charge in [-0.15, -0.1) is 0 Å². The van der Waals surface area contributed by atoms with Crippen molar-refractivity contribution in [2.45, 2.75) is 32.9 Å². The predicted octanol–water partition coefficient (Wildman–Crippen LogP) is 2.90. The zero-order valence-corrected chi connectivity index (χ0v) is 17.1. The number of Topliss-reactive ketones (excluding diaryl/α,β-unsaturated/α-hetero) is 1. The van der Waals surface area contributed by atoms with Gasteiger partial charge < -0.3 is 25.0 Å². The molecule has 2 aromatic carbocycles. The summed E-state index contributed by atoms with van der Waals surface area (Å²) in [5.74, 6) is -1.80. The third kappa shape index (κ3) is 4.02. The summed E-state index contributed by atoms with van der Waals surface area (Å²) >= 11 is 0. The quantitative estimate of drug-likeness (QED) is 0.383. The first-order chi connectivity index (χ1) is 14.2. The van der Waals surface area contributed by atoms with Crippen LogP contribution in [0.5, 0.6) is 11.5 Å². The standard InChI is InChI=1S/C23H25NO6/c1-4-30-18-11-16(9-10-17(18)26)20-19(21(27)15-7-5-13(2)6-8-15)22(28)23(29)24(20)12-14(3)25/h5-11,14,20,25-27H,4,12H2,1-3H3/t14-,20-/m1/s1. The fourth-order valence-electron chi connectivity index (χ4n) is 3.54. The van der Waals surface area contributed by atoms with Crippen molar-refractivity contribution in [3.8, 4) is 11.5 Å². The number of amides is 1. The van der Waals surface area contributed by atoms with Crippen molar-refractivity contribution >= 4 is 17.4 Å². The summed E-state index contributed by atoms with van der Waals surface area (Å²) in [6.45, 7) is 5.40. The fraction of sp³-hybridized carbons (Fsp3) is 0.304. The van der Waals surface area contributed by atoms with E-state index in [0.717, 1.165) is 5.56 Å². The Labute approximate surface area is 174 Å². The first-order valence-corrected chi connectivity index (χ1v) is 9.73. The van der Waals surface area contributed by atoms with Crippen LogP contribution in [-0.4, -0.2) is 51.2 Å². The molecule has 0 radical (unpaired) electrons. The van der Waals surface area contributed by atoms with E-state index < -0.39 is 23.8 Å². The number of aliphatic hydroxyl groups is 2. The molecule has 0 aliphatic carbocycles. The average Bonchev–Trinajstić information content (AvgIpc) is 2.94. The first kappa shape index (κ1) is 21.4. The van der Waals surface area contributed by atoms with Crippen molar-refractivity contribution in [2.75, 3.05) is 13.2 Å². The SMILES string of the molecule is CCOc1cc([C@@H]2C(=C(O)c3ccc(C)cc3)C(=O)C(=O)N2C[C@@H](C)O)ccc1O. The van der Waals surface area contributed by atoms with E-state index in [1.54, 1.807) is 37.3 Å². The van der Waals surface area contributed by atoms with Crippen LogP contribution < -0.4 is 4.74 Å². The summed E-state index contributed by atoms with van der Waals surface area (Å²) in [7, 11) is 0. The Morgan fingerprint density at radius 3 is 2.43 bits per heavy atom. The van der Waals surface area contributed by atoms with Crippen LogP contribution in [0.15, 0.2) is 48.0 Å². The number of hydrogen-bond donors (Lipinski definition) is 3. The minimum absolute atomic E-state index is 0.0716. The van der Waals surface area contributed by atoms with E-state index >= 15 is 0 Å². The number of ether oxygens (including phenoxy) is 1. The van der Waals surface area contributed by atoms with E-state index in [1.165, 1.54) is 24.0 Å². The molecule has 158 valence electrons. The van der Waals surface area contributed by atoms with Crippen molar-refractivity contribution in [3.63, 3.8) is 0 Å². The lowest BCUT2D eigenvalue weighted by Gasteiger charge is -2.26. The number of nitrogens with zero attached hydrogens (tertiary/aromatic N) is 1. The van der Waals surface area contributed by atoms with Crippen LogP contribution >= 0.6 is 0 Å². The number of phenolic OH excluding ortho intramolecular Hbond substituents is 1. The lowest BCUT2D eigenvalue weighted by Crippen LogP contribution is -2.35. The van der Waals surface area contributed by atoms with Gasteiger partial charge in [-0.3, -0.25) is 9.59 Å². The van der Waals surface area contributed by atoms with E-state index in [1.807, 2.05) is 6.92 Å². The molecule has 30 heavy (non-hydrogen) atoms. The van der Waals surface area contributed by atoms with Gasteiger partial charge in [-0.2, -0.15) is 0 Å². The van der Waals surface area contributed by atoms with Gasteiger partial charge in [0.25, 0.3) is 11.7 Å². The zero-order chi connectivity index (χ0) is 22.0. The highest BCUT2D eigenvalue weighted by molar-refractivity contribution is 6.46. The van der Waals surface area contributed by atoms with Crippen LogP contribution in [0, 0.1) is 6.92 Å². The normalized spacial score (nSPS) is 19.2. The van der Waals surface area contributed by atoms with Crippen LogP contribution in [0.4, 0.5) is 0 Å². The lowest BCUT2D eigenvalue weighted by atomic mass is 9.94. The van der Waals surface area contributed by atoms with Crippen molar-refractivity contribution < 1.29 is 29.6 Å². The maximum Gasteiger partial charge on any atom is 0.295 e. The second-order valence-corrected chi connectivity index (χ2v) is 7.33. The average molecular weight is 411 g/mol. The number of aryl methyl sites for hydroxylation is 1. The number of ketones is 1. The summed E-state index contributed by atoms with van der Waals surface area (Å²) in [6, 6.07) is 10.5. The molecule has 3 N–H and O–H groups in total. The maximum absolute atomic E-state index is 12.9. The second kappa shape index (κ2) is 8.59. The number of carbonyl (C=O) groups excluding carboxylic acids is 2. The van der Waals surface area contributed by atoms with Gasteiger partial charge in [0.05, 0.1) is 24.3 Å². The lowest BCUT2D eigenvalue weighted by molar-refractivity contribution is -0.140. The molecule has 3 rings (SSSR count). The minimum Gasteiger partial charge on any atom is -0.507 e. The summed E-state index contributed by atoms with van der Waals surface area (Å²) in [6.07, 6.45) is -0.881. The third-order valence-corrected chi connectivity index (χ3v) is 4.93.